The molecule has 0 N–H and O–H groups in total. The molecule has 1 unspecified atom stereocenters. The van der Waals surface area contributed by atoms with E-state index in [1.165, 1.54) is 0 Å². The van der Waals surface area contributed by atoms with Gasteiger partial charge in [0.1, 0.15) is 0 Å². The van der Waals surface area contributed by atoms with Crippen LogP contribution in [0.15, 0.2) is 36.4 Å². The van der Waals surface area contributed by atoms with Gasteiger partial charge in [0.25, 0.3) is 0 Å². The number of hydrogen-bond acceptors (Lipinski definition) is 2. The van der Waals surface area contributed by atoms with E-state index in [4.69, 9.17) is 0 Å². The van der Waals surface area contributed by atoms with Crippen LogP contribution >= 0.6 is 11.8 Å². The van der Waals surface area contributed by atoms with Gasteiger partial charge < -0.3 is 4.90 Å². The summed E-state index contributed by atoms with van der Waals surface area (Å²) in [5.41, 5.74) is 1.07. The van der Waals surface area contributed by atoms with Crippen molar-refractivity contribution in [1.82, 2.24) is 4.90 Å². The van der Waals surface area contributed by atoms with E-state index >= 15 is 0 Å². The molecule has 0 bridgehead atoms. The summed E-state index contributed by atoms with van der Waals surface area (Å²) in [6, 6.07) is 9.90. The maximum atomic E-state index is 11.9. The molecule has 1 saturated heterocycles. The van der Waals surface area contributed by atoms with Crippen molar-refractivity contribution in [2.24, 2.45) is 0 Å². The molecular weight excluding hydrogens is 218 g/mol. The number of hydrogen-bond donors (Lipinski definition) is 0. The minimum atomic E-state index is 0.112. The molecule has 0 aliphatic carbocycles. The third-order valence-corrected chi connectivity index (χ3v) is 3.79. The van der Waals surface area contributed by atoms with Crippen LogP contribution in [-0.2, 0) is 4.79 Å². The summed E-state index contributed by atoms with van der Waals surface area (Å²) in [7, 11) is 0. The molecular formula is C13H15NOS. The number of thioether (sulfide) groups is 1. The summed E-state index contributed by atoms with van der Waals surface area (Å²) in [5.74, 6) is 1.16. The zero-order chi connectivity index (χ0) is 11.4. The van der Waals surface area contributed by atoms with E-state index in [1.54, 1.807) is 6.08 Å². The van der Waals surface area contributed by atoms with Gasteiger partial charge in [-0.15, -0.1) is 11.8 Å². The highest BCUT2D eigenvalue weighted by Crippen LogP contribution is 2.23. The predicted molar refractivity (Wildman–Crippen MR) is 69.1 cm³/mol. The summed E-state index contributed by atoms with van der Waals surface area (Å²) in [4.78, 5) is 13.8. The minimum Gasteiger partial charge on any atom is -0.327 e. The van der Waals surface area contributed by atoms with Crippen molar-refractivity contribution in [3.05, 3.63) is 42.0 Å². The summed E-state index contributed by atoms with van der Waals surface area (Å²) < 4.78 is 0. The first-order chi connectivity index (χ1) is 7.77. The predicted octanol–water partition coefficient (Wildman–Crippen LogP) is 2.62. The van der Waals surface area contributed by atoms with Crippen molar-refractivity contribution in [3.8, 4) is 0 Å². The van der Waals surface area contributed by atoms with Gasteiger partial charge in [0, 0.05) is 18.4 Å². The largest absolute Gasteiger partial charge is 0.327 e. The quantitative estimate of drug-likeness (QED) is 0.732. The van der Waals surface area contributed by atoms with Gasteiger partial charge >= 0.3 is 0 Å². The lowest BCUT2D eigenvalue weighted by molar-refractivity contribution is -0.125. The van der Waals surface area contributed by atoms with E-state index in [2.05, 4.69) is 6.92 Å². The lowest BCUT2D eigenvalue weighted by Crippen LogP contribution is -2.31. The molecule has 16 heavy (non-hydrogen) atoms. The van der Waals surface area contributed by atoms with E-state index in [0.717, 1.165) is 17.9 Å². The molecule has 1 amide bonds. The smallest absolute Gasteiger partial charge is 0.247 e. The van der Waals surface area contributed by atoms with Crippen molar-refractivity contribution < 1.29 is 4.79 Å². The molecule has 0 radical (unpaired) electrons. The van der Waals surface area contributed by atoms with Crippen LogP contribution < -0.4 is 0 Å². The van der Waals surface area contributed by atoms with Crippen molar-refractivity contribution in [1.29, 1.82) is 0 Å². The number of rotatable bonds is 2. The van der Waals surface area contributed by atoms with Gasteiger partial charge in [-0.05, 0) is 18.6 Å². The zero-order valence-corrected chi connectivity index (χ0v) is 10.1. The van der Waals surface area contributed by atoms with Crippen LogP contribution in [0.1, 0.15) is 12.5 Å². The second kappa shape index (κ2) is 5.21. The van der Waals surface area contributed by atoms with E-state index in [0.29, 0.717) is 5.37 Å². The van der Waals surface area contributed by atoms with Crippen LogP contribution in [-0.4, -0.2) is 28.5 Å². The molecule has 2 rings (SSSR count). The molecule has 2 nitrogen and oxygen atoms in total. The van der Waals surface area contributed by atoms with Crippen LogP contribution in [0.2, 0.25) is 0 Å². The van der Waals surface area contributed by atoms with Crippen LogP contribution in [0, 0.1) is 0 Å². The van der Waals surface area contributed by atoms with Gasteiger partial charge in [-0.3, -0.25) is 4.79 Å². The number of nitrogens with zero attached hydrogens (tertiary/aromatic N) is 1. The average molecular weight is 233 g/mol. The number of carbonyl (C=O) groups is 1. The topological polar surface area (TPSA) is 20.3 Å². The maximum Gasteiger partial charge on any atom is 0.247 e. The van der Waals surface area contributed by atoms with Gasteiger partial charge in [-0.2, -0.15) is 0 Å². The van der Waals surface area contributed by atoms with Crippen LogP contribution in [0.4, 0.5) is 0 Å². The Bertz CT molecular complexity index is 388. The highest BCUT2D eigenvalue weighted by atomic mass is 32.2. The van der Waals surface area contributed by atoms with Gasteiger partial charge in [0.2, 0.25) is 5.91 Å². The fourth-order valence-corrected chi connectivity index (χ4v) is 2.74. The Hall–Kier alpha value is -1.22. The Morgan fingerprint density at radius 1 is 1.44 bits per heavy atom. The molecule has 0 saturated carbocycles. The first-order valence-electron chi connectivity index (χ1n) is 5.43. The monoisotopic (exact) mass is 233 g/mol. The minimum absolute atomic E-state index is 0.112. The van der Waals surface area contributed by atoms with Crippen molar-refractivity contribution in [2.75, 3.05) is 12.3 Å². The number of benzene rings is 1. The van der Waals surface area contributed by atoms with Crippen LogP contribution in [0.5, 0.6) is 0 Å². The van der Waals surface area contributed by atoms with E-state index in [9.17, 15) is 4.79 Å². The summed E-state index contributed by atoms with van der Waals surface area (Å²) in [6.07, 6.45) is 3.54. The van der Waals surface area contributed by atoms with Crippen LogP contribution in [0.25, 0.3) is 6.08 Å². The molecule has 1 fully saturated rings. The van der Waals surface area contributed by atoms with Gasteiger partial charge in [-0.25, -0.2) is 0 Å². The third kappa shape index (κ3) is 2.67. The molecule has 0 aromatic heterocycles. The van der Waals surface area contributed by atoms with Gasteiger partial charge in [-0.1, -0.05) is 30.3 Å². The fourth-order valence-electron chi connectivity index (χ4n) is 1.71. The maximum absolute atomic E-state index is 11.9. The van der Waals surface area contributed by atoms with E-state index in [-0.39, 0.29) is 5.91 Å². The normalized spacial score (nSPS) is 20.6. The molecule has 0 spiro atoms. The average Bonchev–Trinajstić information content (AvgIpc) is 2.74. The highest BCUT2D eigenvalue weighted by molar-refractivity contribution is 8.00. The zero-order valence-electron chi connectivity index (χ0n) is 9.30. The van der Waals surface area contributed by atoms with Gasteiger partial charge in [0.05, 0.1) is 5.37 Å². The lowest BCUT2D eigenvalue weighted by atomic mass is 10.2. The number of carbonyl (C=O) groups excluding carboxylic acids is 1. The van der Waals surface area contributed by atoms with Crippen molar-refractivity contribution in [3.63, 3.8) is 0 Å². The molecule has 1 aromatic rings. The SMILES string of the molecule is CC1SCCN1C(=O)/C=C/c1ccccc1. The highest BCUT2D eigenvalue weighted by Gasteiger charge is 2.23. The van der Waals surface area contributed by atoms with Crippen molar-refractivity contribution >= 4 is 23.7 Å². The summed E-state index contributed by atoms with van der Waals surface area (Å²) in [5, 5.41) is 0.313. The first kappa shape index (κ1) is 11.3. The fraction of sp³-hybridized carbons (Fsp3) is 0.308. The lowest BCUT2D eigenvalue weighted by Gasteiger charge is -2.18. The second-order valence-electron chi connectivity index (χ2n) is 3.75. The Labute approximate surface area is 100 Å². The third-order valence-electron chi connectivity index (χ3n) is 2.63. The Kier molecular flexibility index (Phi) is 3.67. The molecule has 1 aliphatic rings. The molecule has 3 heteroatoms. The molecule has 1 heterocycles. The summed E-state index contributed by atoms with van der Waals surface area (Å²) in [6.45, 7) is 2.94. The molecule has 84 valence electrons. The summed E-state index contributed by atoms with van der Waals surface area (Å²) >= 11 is 1.83. The Balaban J connectivity index is 1.99. The standard InChI is InChI=1S/C13H15NOS/c1-11-14(9-10-16-11)13(15)8-7-12-5-3-2-4-6-12/h2-8,11H,9-10H2,1H3/b8-7+. The number of amides is 1. The molecule has 1 atom stereocenters. The van der Waals surface area contributed by atoms with E-state index in [1.807, 2.05) is 53.1 Å². The second-order valence-corrected chi connectivity index (χ2v) is 5.17. The molecule has 1 aliphatic heterocycles. The Morgan fingerprint density at radius 2 is 2.19 bits per heavy atom. The Morgan fingerprint density at radius 3 is 2.81 bits per heavy atom. The first-order valence-corrected chi connectivity index (χ1v) is 6.47. The van der Waals surface area contributed by atoms with Gasteiger partial charge in [0.15, 0.2) is 0 Å². The van der Waals surface area contributed by atoms with Crippen LogP contribution in [0.3, 0.4) is 0 Å². The van der Waals surface area contributed by atoms with Crippen molar-refractivity contribution in [2.45, 2.75) is 12.3 Å². The van der Waals surface area contributed by atoms with E-state index < -0.39 is 0 Å². The molecule has 1 aromatic carbocycles.